The Bertz CT molecular complexity index is 3310. The van der Waals surface area contributed by atoms with Gasteiger partial charge in [-0.15, -0.1) is 11.3 Å². The smallest absolute Gasteiger partial charge is 0.164 e. The molecule has 0 saturated heterocycles. The summed E-state index contributed by atoms with van der Waals surface area (Å²) in [7, 11) is 0. The molecule has 4 aromatic heterocycles. The summed E-state index contributed by atoms with van der Waals surface area (Å²) in [6.07, 6.45) is 1.87. The maximum Gasteiger partial charge on any atom is 0.164 e. The molecule has 0 unspecified atom stereocenters. The average Bonchev–Trinajstić information content (AvgIpc) is 3.69. The zero-order valence-corrected chi connectivity index (χ0v) is 32.4. The zero-order valence-electron chi connectivity index (χ0n) is 31.6. The molecule has 6 nitrogen and oxygen atoms in total. The monoisotopic (exact) mass is 772 g/mol. The predicted octanol–water partition coefficient (Wildman–Crippen LogP) is 13.2. The van der Waals surface area contributed by atoms with Crippen molar-refractivity contribution in [1.29, 1.82) is 0 Å². The Morgan fingerprint density at radius 3 is 1.41 bits per heavy atom. The highest BCUT2D eigenvalue weighted by Gasteiger charge is 2.16. The highest BCUT2D eigenvalue weighted by atomic mass is 32.1. The van der Waals surface area contributed by atoms with Crippen LogP contribution in [-0.2, 0) is 0 Å². The highest BCUT2D eigenvalue weighted by Crippen LogP contribution is 2.39. The minimum Gasteiger partial charge on any atom is -0.253 e. The van der Waals surface area contributed by atoms with Crippen LogP contribution in [-0.4, -0.2) is 29.9 Å². The number of fused-ring (bicyclic) bond motifs is 4. The topological polar surface area (TPSA) is 77.3 Å². The maximum absolute atomic E-state index is 5.05. The van der Waals surface area contributed by atoms with Crippen LogP contribution in [0.3, 0.4) is 0 Å². The van der Waals surface area contributed by atoms with Gasteiger partial charge in [-0.25, -0.2) is 24.9 Å². The van der Waals surface area contributed by atoms with Gasteiger partial charge in [0.15, 0.2) is 17.5 Å². The molecule has 0 aliphatic carbocycles. The van der Waals surface area contributed by atoms with E-state index >= 15 is 0 Å². The fourth-order valence-corrected chi connectivity index (χ4v) is 8.72. The molecular weight excluding hydrogens is 741 g/mol. The number of nitrogens with zero attached hydrogens (tertiary/aromatic N) is 6. The van der Waals surface area contributed by atoms with Crippen molar-refractivity contribution in [3.8, 4) is 78.7 Å². The van der Waals surface area contributed by atoms with Crippen molar-refractivity contribution in [1.82, 2.24) is 29.9 Å². The van der Waals surface area contributed by atoms with Crippen molar-refractivity contribution < 1.29 is 0 Å². The van der Waals surface area contributed by atoms with E-state index in [-0.39, 0.29) is 0 Å². The molecule has 4 heterocycles. The Labute approximate surface area is 344 Å². The van der Waals surface area contributed by atoms with E-state index in [0.29, 0.717) is 17.5 Å². The van der Waals surface area contributed by atoms with Crippen LogP contribution in [0.5, 0.6) is 0 Å². The largest absolute Gasteiger partial charge is 0.253 e. The molecule has 0 N–H and O–H groups in total. The molecule has 7 aromatic carbocycles. The minimum atomic E-state index is 0.623. The molecular formula is C52H32N6S. The first-order valence-electron chi connectivity index (χ1n) is 19.4. The minimum absolute atomic E-state index is 0.623. The van der Waals surface area contributed by atoms with E-state index < -0.39 is 0 Å². The van der Waals surface area contributed by atoms with Gasteiger partial charge < -0.3 is 0 Å². The molecule has 0 amide bonds. The highest BCUT2D eigenvalue weighted by molar-refractivity contribution is 7.25. The summed E-state index contributed by atoms with van der Waals surface area (Å²) in [5.41, 5.74) is 15.3. The summed E-state index contributed by atoms with van der Waals surface area (Å²) in [5.74, 6) is 1.89. The lowest BCUT2D eigenvalue weighted by atomic mass is 9.96. The number of thiophene rings is 1. The molecule has 7 heteroatoms. The van der Waals surface area contributed by atoms with Gasteiger partial charge in [-0.3, -0.25) is 4.98 Å². The van der Waals surface area contributed by atoms with Crippen molar-refractivity contribution in [2.75, 3.05) is 0 Å². The summed E-state index contributed by atoms with van der Waals surface area (Å²) in [6.45, 7) is 0. The van der Waals surface area contributed by atoms with E-state index in [0.717, 1.165) is 87.2 Å². The van der Waals surface area contributed by atoms with Crippen molar-refractivity contribution in [2.24, 2.45) is 0 Å². The molecule has 11 rings (SSSR count). The van der Waals surface area contributed by atoms with Crippen molar-refractivity contribution in [3.05, 3.63) is 194 Å². The van der Waals surface area contributed by atoms with Crippen LogP contribution < -0.4 is 0 Å². The molecule has 59 heavy (non-hydrogen) atoms. The quantitative estimate of drug-likeness (QED) is 0.161. The zero-order chi connectivity index (χ0) is 39.1. The molecule has 0 aliphatic heterocycles. The lowest BCUT2D eigenvalue weighted by Crippen LogP contribution is -2.00. The molecule has 11 aromatic rings. The van der Waals surface area contributed by atoms with E-state index in [2.05, 4.69) is 127 Å². The van der Waals surface area contributed by atoms with Gasteiger partial charge in [0.2, 0.25) is 0 Å². The molecule has 276 valence electrons. The van der Waals surface area contributed by atoms with Gasteiger partial charge in [-0.1, -0.05) is 158 Å². The molecule has 0 radical (unpaired) electrons. The number of rotatable bonds is 7. The van der Waals surface area contributed by atoms with Gasteiger partial charge in [-0.05, 0) is 69.3 Å². The predicted molar refractivity (Wildman–Crippen MR) is 242 cm³/mol. The van der Waals surface area contributed by atoms with Gasteiger partial charge in [-0.2, -0.15) is 0 Å². The van der Waals surface area contributed by atoms with E-state index in [1.54, 1.807) is 11.3 Å². The van der Waals surface area contributed by atoms with E-state index in [1.807, 2.05) is 66.9 Å². The average molecular weight is 773 g/mol. The lowest BCUT2D eigenvalue weighted by molar-refractivity contribution is 1.07. The standard InChI is InChI=1S/C52H32N6S/c1-3-11-33(12-4-1)34-23-27-38(28-24-34)50-56-49(37-13-5-2-6-14-37)57-51(58-50)42-18-10-17-41(32-42)40-16-9-15-39(31-40)35-21-25-36(26-22-35)43-29-30-53-46-47-52(59-48(43)46)55-45-20-8-7-19-44(45)54-47/h1-32H. The first-order valence-corrected chi connectivity index (χ1v) is 20.2. The van der Waals surface area contributed by atoms with E-state index in [4.69, 9.17) is 29.9 Å². The van der Waals surface area contributed by atoms with Crippen molar-refractivity contribution in [3.63, 3.8) is 0 Å². The number of pyridine rings is 1. The molecule has 0 bridgehead atoms. The lowest BCUT2D eigenvalue weighted by Gasteiger charge is -2.11. The molecule has 0 atom stereocenters. The number of para-hydroxylation sites is 2. The molecule has 0 saturated carbocycles. The fraction of sp³-hybridized carbons (Fsp3) is 0. The first kappa shape index (κ1) is 34.5. The van der Waals surface area contributed by atoms with Crippen LogP contribution in [0.1, 0.15) is 0 Å². The van der Waals surface area contributed by atoms with Crippen LogP contribution in [0.4, 0.5) is 0 Å². The van der Waals surface area contributed by atoms with Crippen molar-refractivity contribution >= 4 is 42.9 Å². The Morgan fingerprint density at radius 1 is 0.305 bits per heavy atom. The molecule has 0 fully saturated rings. The van der Waals surface area contributed by atoms with Gasteiger partial charge in [0.25, 0.3) is 0 Å². The number of hydrogen-bond acceptors (Lipinski definition) is 7. The van der Waals surface area contributed by atoms with Crippen LogP contribution in [0.15, 0.2) is 194 Å². The molecule has 0 spiro atoms. The maximum atomic E-state index is 5.05. The van der Waals surface area contributed by atoms with E-state index in [1.165, 1.54) is 5.56 Å². The van der Waals surface area contributed by atoms with Crippen LogP contribution in [0.2, 0.25) is 0 Å². The van der Waals surface area contributed by atoms with Gasteiger partial charge in [0, 0.05) is 28.5 Å². The summed E-state index contributed by atoms with van der Waals surface area (Å²) in [4.78, 5) is 30.5. The normalized spacial score (nSPS) is 11.4. The SMILES string of the molecule is c1ccc(-c2ccc(-c3nc(-c4ccccc4)nc(-c4cccc(-c5cccc(-c6ccc(-c7ccnc8c7sc7nc9ccccc9nc78)cc6)c5)c4)n3)cc2)cc1. The van der Waals surface area contributed by atoms with Gasteiger partial charge in [0.05, 0.1) is 15.7 Å². The number of hydrogen-bond donors (Lipinski definition) is 0. The van der Waals surface area contributed by atoms with Crippen LogP contribution >= 0.6 is 11.3 Å². The Balaban J connectivity index is 0.914. The summed E-state index contributed by atoms with van der Waals surface area (Å²) in [6, 6.07) is 64.9. The fourth-order valence-electron chi connectivity index (χ4n) is 7.60. The summed E-state index contributed by atoms with van der Waals surface area (Å²) in [5, 5.41) is 0. The second-order valence-electron chi connectivity index (χ2n) is 14.4. The Hall–Kier alpha value is -7.74. The second-order valence-corrected chi connectivity index (χ2v) is 15.4. The summed E-state index contributed by atoms with van der Waals surface area (Å²) < 4.78 is 1.09. The Kier molecular flexibility index (Phi) is 8.56. The summed E-state index contributed by atoms with van der Waals surface area (Å²) >= 11 is 1.65. The first-order chi connectivity index (χ1) is 29.2. The second kappa shape index (κ2) is 14.6. The van der Waals surface area contributed by atoms with E-state index in [9.17, 15) is 0 Å². The Morgan fingerprint density at radius 2 is 0.746 bits per heavy atom. The van der Waals surface area contributed by atoms with Crippen molar-refractivity contribution in [2.45, 2.75) is 0 Å². The number of aromatic nitrogens is 6. The van der Waals surface area contributed by atoms with Crippen LogP contribution in [0.25, 0.3) is 110 Å². The third-order valence-electron chi connectivity index (χ3n) is 10.6. The van der Waals surface area contributed by atoms with Gasteiger partial charge >= 0.3 is 0 Å². The van der Waals surface area contributed by atoms with Gasteiger partial charge in [0.1, 0.15) is 15.9 Å². The number of benzene rings is 7. The van der Waals surface area contributed by atoms with Crippen LogP contribution in [0, 0.1) is 0 Å². The third kappa shape index (κ3) is 6.59. The third-order valence-corrected chi connectivity index (χ3v) is 11.7. The molecule has 0 aliphatic rings.